The Morgan fingerprint density at radius 3 is 1.55 bits per heavy atom. The van der Waals surface area contributed by atoms with Gasteiger partial charge in [0.2, 0.25) is 0 Å². The minimum Gasteiger partial charge on any atom is -0.309 e. The van der Waals surface area contributed by atoms with Gasteiger partial charge in [-0.05, 0) is 84.4 Å². The third-order valence-electron chi connectivity index (χ3n) is 11.1. The lowest BCUT2D eigenvalue weighted by atomic mass is 10.0. The summed E-state index contributed by atoms with van der Waals surface area (Å²) in [7, 11) is 0. The first kappa shape index (κ1) is 30.7. The number of rotatable bonds is 4. The number of nitrogens with zero attached hydrogens (tertiary/aromatic N) is 5. The van der Waals surface area contributed by atoms with Crippen LogP contribution in [-0.4, -0.2) is 13.7 Å². The number of hydrogen-bond donors (Lipinski definition) is 0. The van der Waals surface area contributed by atoms with Crippen LogP contribution >= 0.6 is 0 Å². The number of para-hydroxylation sites is 4. The zero-order valence-electron chi connectivity index (χ0n) is 29.5. The van der Waals surface area contributed by atoms with Gasteiger partial charge in [0.05, 0.1) is 62.1 Å². The summed E-state index contributed by atoms with van der Waals surface area (Å²) in [5.41, 5.74) is 12.9. The fourth-order valence-electron chi connectivity index (χ4n) is 8.77. The largest absolute Gasteiger partial charge is 0.309 e. The van der Waals surface area contributed by atoms with Crippen LogP contribution in [0.1, 0.15) is 11.1 Å². The molecule has 0 radical (unpaired) electrons. The molecule has 0 amide bonds. The van der Waals surface area contributed by atoms with Crippen molar-refractivity contribution in [3.05, 3.63) is 187 Å². The molecule has 0 fully saturated rings. The van der Waals surface area contributed by atoms with Crippen molar-refractivity contribution in [2.75, 3.05) is 0 Å². The standard InChI is InChI=1S/C50H29N5/c51-30-32-20-26-37(33-21-23-35(24-22-33)53-46-18-8-4-14-41(46)50-34(31-52)10-9-19-48(50)53)49(28-32)55-45-17-7-3-13-40(45)42-29-36(25-27-47(42)55)54-43-15-5-1-11-38(43)39-12-2-6-16-44(39)54/h1-29H. The van der Waals surface area contributed by atoms with Gasteiger partial charge in [-0.15, -0.1) is 0 Å². The Balaban J connectivity index is 1.10. The van der Waals surface area contributed by atoms with Gasteiger partial charge in [-0.1, -0.05) is 97.1 Å². The van der Waals surface area contributed by atoms with Crippen LogP contribution in [0.25, 0.3) is 93.6 Å². The summed E-state index contributed by atoms with van der Waals surface area (Å²) in [5.74, 6) is 0. The van der Waals surface area contributed by atoms with Gasteiger partial charge in [-0.2, -0.15) is 10.5 Å². The summed E-state index contributed by atoms with van der Waals surface area (Å²) < 4.78 is 6.90. The number of hydrogen-bond acceptors (Lipinski definition) is 2. The summed E-state index contributed by atoms with van der Waals surface area (Å²) in [4.78, 5) is 0. The lowest BCUT2D eigenvalue weighted by molar-refractivity contribution is 1.16. The highest BCUT2D eigenvalue weighted by atomic mass is 15.0. The van der Waals surface area contributed by atoms with Crippen molar-refractivity contribution in [3.8, 4) is 40.3 Å². The molecular formula is C50H29N5. The van der Waals surface area contributed by atoms with E-state index in [9.17, 15) is 10.5 Å². The quantitative estimate of drug-likeness (QED) is 0.184. The summed E-state index contributed by atoms with van der Waals surface area (Å²) in [6.45, 7) is 0. The third kappa shape index (κ3) is 4.45. The molecule has 0 N–H and O–H groups in total. The second-order valence-electron chi connectivity index (χ2n) is 14.0. The van der Waals surface area contributed by atoms with Crippen molar-refractivity contribution in [1.29, 1.82) is 10.5 Å². The van der Waals surface area contributed by atoms with E-state index in [-0.39, 0.29) is 0 Å². The predicted molar refractivity (Wildman–Crippen MR) is 224 cm³/mol. The van der Waals surface area contributed by atoms with Crippen molar-refractivity contribution < 1.29 is 0 Å². The van der Waals surface area contributed by atoms with Gasteiger partial charge in [-0.3, -0.25) is 0 Å². The van der Waals surface area contributed by atoms with Gasteiger partial charge < -0.3 is 13.7 Å². The maximum Gasteiger partial charge on any atom is 0.0998 e. The van der Waals surface area contributed by atoms with Crippen molar-refractivity contribution in [3.63, 3.8) is 0 Å². The van der Waals surface area contributed by atoms with Crippen LogP contribution in [0.4, 0.5) is 0 Å². The first-order valence-electron chi connectivity index (χ1n) is 18.3. The summed E-state index contributed by atoms with van der Waals surface area (Å²) in [6.07, 6.45) is 0. The first-order chi connectivity index (χ1) is 27.2. The molecule has 0 saturated carbocycles. The molecule has 0 spiro atoms. The number of nitriles is 2. The van der Waals surface area contributed by atoms with Crippen molar-refractivity contribution in [2.24, 2.45) is 0 Å². The average molecular weight is 700 g/mol. The second-order valence-corrected chi connectivity index (χ2v) is 14.0. The average Bonchev–Trinajstić information content (AvgIpc) is 3.89. The Hall–Kier alpha value is -7.86. The SMILES string of the molecule is N#Cc1ccc(-c2ccc(-n3c4ccccc4c4c(C#N)cccc43)cc2)c(-n2c3ccccc3c3cc(-n4c5ccccc5c5ccccc54)ccc32)c1. The van der Waals surface area contributed by atoms with E-state index in [4.69, 9.17) is 0 Å². The molecule has 8 aromatic carbocycles. The van der Waals surface area contributed by atoms with Gasteiger partial charge >= 0.3 is 0 Å². The maximum absolute atomic E-state index is 10.1. The zero-order valence-corrected chi connectivity index (χ0v) is 29.5. The lowest BCUT2D eigenvalue weighted by Crippen LogP contribution is -1.99. The number of fused-ring (bicyclic) bond motifs is 9. The van der Waals surface area contributed by atoms with Crippen LogP contribution in [0.5, 0.6) is 0 Å². The molecule has 5 nitrogen and oxygen atoms in total. The molecule has 11 aromatic rings. The highest BCUT2D eigenvalue weighted by molar-refractivity contribution is 6.13. The highest BCUT2D eigenvalue weighted by Crippen LogP contribution is 2.40. The molecule has 55 heavy (non-hydrogen) atoms. The van der Waals surface area contributed by atoms with E-state index in [0.29, 0.717) is 11.1 Å². The van der Waals surface area contributed by atoms with Crippen molar-refractivity contribution >= 4 is 65.4 Å². The van der Waals surface area contributed by atoms with Crippen molar-refractivity contribution in [1.82, 2.24) is 13.7 Å². The van der Waals surface area contributed by atoms with Gasteiger partial charge in [0.25, 0.3) is 0 Å². The summed E-state index contributed by atoms with van der Waals surface area (Å²) >= 11 is 0. The minimum absolute atomic E-state index is 0.599. The van der Waals surface area contributed by atoms with Crippen LogP contribution < -0.4 is 0 Å². The molecule has 0 bridgehead atoms. The fraction of sp³-hybridized carbons (Fsp3) is 0. The number of benzene rings is 8. The molecule has 0 atom stereocenters. The van der Waals surface area contributed by atoms with E-state index in [1.807, 2.05) is 36.4 Å². The zero-order chi connectivity index (χ0) is 36.6. The van der Waals surface area contributed by atoms with E-state index in [1.165, 1.54) is 21.8 Å². The molecule has 11 rings (SSSR count). The van der Waals surface area contributed by atoms with Gasteiger partial charge in [0, 0.05) is 49.3 Å². The van der Waals surface area contributed by atoms with E-state index in [2.05, 4.69) is 165 Å². The fourth-order valence-corrected chi connectivity index (χ4v) is 8.77. The van der Waals surface area contributed by atoms with Crippen LogP contribution in [-0.2, 0) is 0 Å². The topological polar surface area (TPSA) is 62.4 Å². The van der Waals surface area contributed by atoms with Gasteiger partial charge in [0.15, 0.2) is 0 Å². The Labute approximate surface area is 316 Å². The van der Waals surface area contributed by atoms with Crippen molar-refractivity contribution in [2.45, 2.75) is 0 Å². The van der Waals surface area contributed by atoms with E-state index in [0.717, 1.165) is 71.8 Å². The van der Waals surface area contributed by atoms with Gasteiger partial charge in [-0.25, -0.2) is 0 Å². The second kappa shape index (κ2) is 11.8. The van der Waals surface area contributed by atoms with E-state index < -0.39 is 0 Å². The Morgan fingerprint density at radius 2 is 0.891 bits per heavy atom. The monoisotopic (exact) mass is 699 g/mol. The molecule has 3 aromatic heterocycles. The first-order valence-corrected chi connectivity index (χ1v) is 18.3. The molecule has 0 unspecified atom stereocenters. The smallest absolute Gasteiger partial charge is 0.0998 e. The van der Waals surface area contributed by atoms with Crippen LogP contribution in [0, 0.1) is 22.7 Å². The molecule has 254 valence electrons. The van der Waals surface area contributed by atoms with Crippen LogP contribution in [0.2, 0.25) is 0 Å². The number of aromatic nitrogens is 3. The normalized spacial score (nSPS) is 11.6. The third-order valence-corrected chi connectivity index (χ3v) is 11.1. The molecule has 0 saturated heterocycles. The van der Waals surface area contributed by atoms with Crippen LogP contribution in [0.15, 0.2) is 176 Å². The lowest BCUT2D eigenvalue weighted by Gasteiger charge is -2.16. The minimum atomic E-state index is 0.599. The van der Waals surface area contributed by atoms with Gasteiger partial charge in [0.1, 0.15) is 0 Å². The molecule has 0 aliphatic carbocycles. The van der Waals surface area contributed by atoms with E-state index in [1.54, 1.807) is 0 Å². The molecule has 0 aliphatic rings. The van der Waals surface area contributed by atoms with E-state index >= 15 is 0 Å². The summed E-state index contributed by atoms with van der Waals surface area (Å²) in [6, 6.07) is 66.0. The predicted octanol–water partition coefficient (Wildman–Crippen LogP) is 12.4. The summed E-state index contributed by atoms with van der Waals surface area (Å²) in [5, 5.41) is 26.9. The molecule has 0 aliphatic heterocycles. The maximum atomic E-state index is 10.1. The molecular weight excluding hydrogens is 671 g/mol. The highest BCUT2D eigenvalue weighted by Gasteiger charge is 2.20. The Kier molecular flexibility index (Phi) is 6.61. The van der Waals surface area contributed by atoms with Crippen LogP contribution in [0.3, 0.4) is 0 Å². The Morgan fingerprint density at radius 1 is 0.364 bits per heavy atom. The molecule has 5 heteroatoms. The molecule has 3 heterocycles. The Bertz CT molecular complexity index is 3400.